The maximum Gasteiger partial charge on any atom is 0.254 e. The molecule has 2 rings (SSSR count). The molecule has 0 saturated carbocycles. The lowest BCUT2D eigenvalue weighted by Gasteiger charge is -2.15. The average Bonchev–Trinajstić information content (AvgIpc) is 2.95. The van der Waals surface area contributed by atoms with Crippen LogP contribution in [0.3, 0.4) is 0 Å². The maximum absolute atomic E-state index is 13.7. The number of rotatable bonds is 5. The van der Waals surface area contributed by atoms with Gasteiger partial charge in [0.2, 0.25) is 0 Å². The molecule has 5 nitrogen and oxygen atoms in total. The molecule has 0 bridgehead atoms. The monoisotopic (exact) mass is 276 g/mol. The summed E-state index contributed by atoms with van der Waals surface area (Å²) in [7, 11) is 0. The maximum atomic E-state index is 13.7. The highest BCUT2D eigenvalue weighted by Gasteiger charge is 2.17. The number of para-hydroxylation sites is 1. The van der Waals surface area contributed by atoms with Gasteiger partial charge in [0.1, 0.15) is 11.6 Å². The van der Waals surface area contributed by atoms with E-state index < -0.39 is 5.82 Å². The van der Waals surface area contributed by atoms with Crippen LogP contribution in [0.15, 0.2) is 30.6 Å². The predicted octanol–water partition coefficient (Wildman–Crippen LogP) is 2.47. The lowest BCUT2D eigenvalue weighted by molar-refractivity contribution is 0.0939. The number of anilines is 1. The van der Waals surface area contributed by atoms with Crippen LogP contribution in [0.5, 0.6) is 0 Å². The van der Waals surface area contributed by atoms with Crippen molar-refractivity contribution in [3.8, 4) is 0 Å². The van der Waals surface area contributed by atoms with Gasteiger partial charge < -0.3 is 15.6 Å². The van der Waals surface area contributed by atoms with Crippen LogP contribution in [0.4, 0.5) is 10.1 Å². The summed E-state index contributed by atoms with van der Waals surface area (Å²) in [5, 5.41) is 5.66. The van der Waals surface area contributed by atoms with Gasteiger partial charge in [-0.15, -0.1) is 0 Å². The molecule has 106 valence electrons. The highest BCUT2D eigenvalue weighted by Crippen LogP contribution is 2.20. The van der Waals surface area contributed by atoms with Gasteiger partial charge in [-0.3, -0.25) is 4.79 Å². The van der Waals surface area contributed by atoms with Gasteiger partial charge in [-0.05, 0) is 26.0 Å². The summed E-state index contributed by atoms with van der Waals surface area (Å²) < 4.78 is 13.7. The van der Waals surface area contributed by atoms with E-state index in [2.05, 4.69) is 20.6 Å². The fourth-order valence-electron chi connectivity index (χ4n) is 1.93. The second kappa shape index (κ2) is 6.18. The van der Waals surface area contributed by atoms with Crippen LogP contribution < -0.4 is 10.6 Å². The lowest BCUT2D eigenvalue weighted by Crippen LogP contribution is -2.28. The van der Waals surface area contributed by atoms with E-state index >= 15 is 0 Å². The molecule has 6 heteroatoms. The molecule has 0 radical (unpaired) electrons. The van der Waals surface area contributed by atoms with Gasteiger partial charge in [-0.1, -0.05) is 6.07 Å². The second-order valence-corrected chi connectivity index (χ2v) is 4.36. The zero-order valence-corrected chi connectivity index (χ0v) is 11.4. The van der Waals surface area contributed by atoms with Gasteiger partial charge in [0.05, 0.1) is 17.3 Å². The number of hydrogen-bond acceptors (Lipinski definition) is 3. The van der Waals surface area contributed by atoms with Gasteiger partial charge in [-0.25, -0.2) is 9.37 Å². The Bertz CT molecular complexity index is 583. The average molecular weight is 276 g/mol. The minimum atomic E-state index is -0.440. The first-order chi connectivity index (χ1) is 9.63. The number of benzene rings is 1. The molecule has 0 aliphatic rings. The fourth-order valence-corrected chi connectivity index (χ4v) is 1.93. The van der Waals surface area contributed by atoms with E-state index in [1.54, 1.807) is 18.5 Å². The zero-order valence-electron chi connectivity index (χ0n) is 11.4. The largest absolute Gasteiger partial charge is 0.382 e. The number of halogens is 1. The minimum absolute atomic E-state index is 0.221. The molecule has 0 spiro atoms. The van der Waals surface area contributed by atoms with E-state index in [0.717, 1.165) is 0 Å². The van der Waals surface area contributed by atoms with Crippen molar-refractivity contribution in [2.45, 2.75) is 19.9 Å². The van der Waals surface area contributed by atoms with E-state index in [9.17, 15) is 9.18 Å². The molecule has 1 amide bonds. The molecule has 3 N–H and O–H groups in total. The van der Waals surface area contributed by atoms with Crippen LogP contribution in [-0.4, -0.2) is 22.4 Å². The van der Waals surface area contributed by atoms with Crippen LogP contribution in [0.2, 0.25) is 0 Å². The summed E-state index contributed by atoms with van der Waals surface area (Å²) in [6.07, 6.45) is 3.30. The van der Waals surface area contributed by atoms with Crippen molar-refractivity contribution in [2.24, 2.45) is 0 Å². The number of H-pyrrole nitrogens is 1. The topological polar surface area (TPSA) is 69.8 Å². The zero-order chi connectivity index (χ0) is 14.5. The minimum Gasteiger partial charge on any atom is -0.382 e. The Kier molecular flexibility index (Phi) is 4.34. The Morgan fingerprint density at radius 3 is 2.95 bits per heavy atom. The molecule has 1 aromatic heterocycles. The first-order valence-electron chi connectivity index (χ1n) is 6.46. The number of imidazole rings is 1. The molecule has 1 atom stereocenters. The van der Waals surface area contributed by atoms with Crippen molar-refractivity contribution in [3.05, 3.63) is 47.8 Å². The first kappa shape index (κ1) is 14.0. The number of nitrogens with zero attached hydrogens (tertiary/aromatic N) is 1. The van der Waals surface area contributed by atoms with E-state index in [4.69, 9.17) is 0 Å². The van der Waals surface area contributed by atoms with Gasteiger partial charge in [-0.2, -0.15) is 0 Å². The molecule has 1 aromatic carbocycles. The van der Waals surface area contributed by atoms with Crippen molar-refractivity contribution in [2.75, 3.05) is 11.9 Å². The van der Waals surface area contributed by atoms with E-state index in [-0.39, 0.29) is 23.2 Å². The molecule has 0 aliphatic heterocycles. The van der Waals surface area contributed by atoms with E-state index in [1.807, 2.05) is 13.8 Å². The Morgan fingerprint density at radius 1 is 1.50 bits per heavy atom. The highest BCUT2D eigenvalue weighted by molar-refractivity contribution is 5.99. The Labute approximate surface area is 116 Å². The normalized spacial score (nSPS) is 11.9. The van der Waals surface area contributed by atoms with Crippen molar-refractivity contribution >= 4 is 11.6 Å². The van der Waals surface area contributed by atoms with Crippen molar-refractivity contribution in [3.63, 3.8) is 0 Å². The van der Waals surface area contributed by atoms with Crippen LogP contribution >= 0.6 is 0 Å². The van der Waals surface area contributed by atoms with Crippen LogP contribution in [-0.2, 0) is 0 Å². The number of aromatic amines is 1. The molecular weight excluding hydrogens is 259 g/mol. The molecule has 1 unspecified atom stereocenters. The van der Waals surface area contributed by atoms with Gasteiger partial charge in [0, 0.05) is 18.9 Å². The van der Waals surface area contributed by atoms with E-state index in [0.29, 0.717) is 12.4 Å². The van der Waals surface area contributed by atoms with Gasteiger partial charge in [0.15, 0.2) is 0 Å². The molecule has 0 saturated heterocycles. The number of carbonyl (C=O) groups excluding carboxylic acids is 1. The SMILES string of the molecule is CCNc1c(F)cccc1C(=O)NC(C)c1ncc[nH]1. The second-order valence-electron chi connectivity index (χ2n) is 4.36. The van der Waals surface area contributed by atoms with Crippen LogP contribution in [0, 0.1) is 5.82 Å². The van der Waals surface area contributed by atoms with Gasteiger partial charge in [0.25, 0.3) is 5.91 Å². The quantitative estimate of drug-likeness (QED) is 0.785. The summed E-state index contributed by atoms with van der Waals surface area (Å²) in [5.74, 6) is -0.130. The van der Waals surface area contributed by atoms with Crippen LogP contribution in [0.1, 0.15) is 36.1 Å². The van der Waals surface area contributed by atoms with Crippen molar-refractivity contribution < 1.29 is 9.18 Å². The smallest absolute Gasteiger partial charge is 0.254 e. The van der Waals surface area contributed by atoms with Crippen molar-refractivity contribution in [1.29, 1.82) is 0 Å². The highest BCUT2D eigenvalue weighted by atomic mass is 19.1. The summed E-state index contributed by atoms with van der Waals surface area (Å²) in [6, 6.07) is 4.15. The molecular formula is C14H17FN4O. The summed E-state index contributed by atoms with van der Waals surface area (Å²) in [4.78, 5) is 19.2. The number of carbonyl (C=O) groups is 1. The molecule has 20 heavy (non-hydrogen) atoms. The third-order valence-corrected chi connectivity index (χ3v) is 2.89. The number of nitrogens with one attached hydrogen (secondary N) is 3. The van der Waals surface area contributed by atoms with Crippen molar-refractivity contribution in [1.82, 2.24) is 15.3 Å². The number of amides is 1. The third-order valence-electron chi connectivity index (χ3n) is 2.89. The third kappa shape index (κ3) is 2.96. The first-order valence-corrected chi connectivity index (χ1v) is 6.46. The predicted molar refractivity (Wildman–Crippen MR) is 75.0 cm³/mol. The van der Waals surface area contributed by atoms with E-state index in [1.165, 1.54) is 12.1 Å². The number of hydrogen-bond donors (Lipinski definition) is 3. The summed E-state index contributed by atoms with van der Waals surface area (Å²) in [6.45, 7) is 4.19. The fraction of sp³-hybridized carbons (Fsp3) is 0.286. The molecule has 0 aliphatic carbocycles. The Hall–Kier alpha value is -2.37. The lowest BCUT2D eigenvalue weighted by atomic mass is 10.1. The summed E-state index contributed by atoms with van der Waals surface area (Å²) in [5.41, 5.74) is 0.504. The standard InChI is InChI=1S/C14H17FN4O/c1-3-16-12-10(5-4-6-11(12)15)14(20)19-9(2)13-17-7-8-18-13/h4-9,16H,3H2,1-2H3,(H,17,18)(H,19,20). The Morgan fingerprint density at radius 2 is 2.30 bits per heavy atom. The summed E-state index contributed by atoms with van der Waals surface area (Å²) >= 11 is 0. The molecule has 0 fully saturated rings. The van der Waals surface area contributed by atoms with Crippen LogP contribution in [0.25, 0.3) is 0 Å². The Balaban J connectivity index is 2.19. The van der Waals surface area contributed by atoms with Gasteiger partial charge >= 0.3 is 0 Å². The molecule has 1 heterocycles. The molecule has 2 aromatic rings. The number of aromatic nitrogens is 2.